The third-order valence-electron chi connectivity index (χ3n) is 5.07. The molecule has 0 spiro atoms. The van der Waals surface area contributed by atoms with Crippen molar-refractivity contribution in [1.29, 1.82) is 0 Å². The molecule has 181 valence electrons. The smallest absolute Gasteiger partial charge is 0.267 e. The van der Waals surface area contributed by atoms with Gasteiger partial charge in [0.25, 0.3) is 10.0 Å². The Morgan fingerprint density at radius 3 is 2.49 bits per heavy atom. The number of hydrogen-bond donors (Lipinski definition) is 1. The molecule has 0 unspecified atom stereocenters. The first-order valence-corrected chi connectivity index (χ1v) is 11.4. The van der Waals surface area contributed by atoms with Crippen molar-refractivity contribution in [2.24, 2.45) is 0 Å². The summed E-state index contributed by atoms with van der Waals surface area (Å²) in [6.07, 6.45) is 2.84. The third kappa shape index (κ3) is 4.30. The number of aromatic nitrogens is 4. The Kier molecular flexibility index (Phi) is 6.19. The largest absolute Gasteiger partial charge is 0.368 e. The highest BCUT2D eigenvalue weighted by Crippen LogP contribution is 2.38. The summed E-state index contributed by atoms with van der Waals surface area (Å²) in [6.45, 7) is 2.08. The maximum Gasteiger partial charge on any atom is 0.267 e. The van der Waals surface area contributed by atoms with E-state index >= 15 is 4.39 Å². The number of hydrogen-bond acceptors (Lipinski definition) is 6. The van der Waals surface area contributed by atoms with Crippen molar-refractivity contribution in [2.45, 2.75) is 18.4 Å². The molecule has 4 rings (SSSR count). The summed E-state index contributed by atoms with van der Waals surface area (Å²) in [5, 5.41) is 4.21. The molecule has 2 aromatic heterocycles. The number of nitrogens with zero attached hydrogens (tertiary/aromatic N) is 5. The standard InChI is InChI=1S/C22H17F4N6O2S/c1-3-32-11-13(16-8-9-28-22(27)29-16)21(30-32)19-15(25)6-7-17(20(19)26)31(2)35(33,34)18-10-12(23)4-5-14(18)24/h4-11H,2-3H2,1H3,(H2,27,28,29). The van der Waals surface area contributed by atoms with Crippen molar-refractivity contribution < 1.29 is 26.0 Å². The van der Waals surface area contributed by atoms with Crippen molar-refractivity contribution in [2.75, 3.05) is 10.0 Å². The van der Waals surface area contributed by atoms with E-state index in [0.29, 0.717) is 18.7 Å². The van der Waals surface area contributed by atoms with Gasteiger partial charge in [0.1, 0.15) is 28.0 Å². The maximum atomic E-state index is 15.7. The van der Waals surface area contributed by atoms with Crippen LogP contribution in [0.25, 0.3) is 22.5 Å². The quantitative estimate of drug-likeness (QED) is 0.395. The van der Waals surface area contributed by atoms with E-state index in [2.05, 4.69) is 22.1 Å². The monoisotopic (exact) mass is 505 g/mol. The molecule has 2 N–H and O–H groups in total. The molecule has 0 aliphatic heterocycles. The van der Waals surface area contributed by atoms with E-state index in [4.69, 9.17) is 5.73 Å². The van der Waals surface area contributed by atoms with Crippen LogP contribution in [0.1, 0.15) is 6.92 Å². The van der Waals surface area contributed by atoms with Crippen LogP contribution in [0.4, 0.5) is 29.2 Å². The molecule has 0 saturated heterocycles. The number of halogens is 4. The fourth-order valence-electron chi connectivity index (χ4n) is 3.35. The second-order valence-corrected chi connectivity index (χ2v) is 9.06. The SMILES string of the molecule is [CH2]N(c1ccc(F)c(-c2nn(CC)cc2-c2ccnc(N)n2)c1F)S(=O)(=O)c1cc(F)ccc1F. The zero-order valence-corrected chi connectivity index (χ0v) is 18.9. The average molecular weight is 505 g/mol. The number of anilines is 2. The summed E-state index contributed by atoms with van der Waals surface area (Å²) < 4.78 is 85.8. The van der Waals surface area contributed by atoms with Gasteiger partial charge in [0.2, 0.25) is 5.95 Å². The zero-order valence-electron chi connectivity index (χ0n) is 18.1. The molecule has 0 saturated carbocycles. The molecule has 0 bridgehead atoms. The minimum Gasteiger partial charge on any atom is -0.368 e. The number of nitrogen functional groups attached to an aromatic ring is 1. The Morgan fingerprint density at radius 2 is 1.80 bits per heavy atom. The molecule has 0 atom stereocenters. The van der Waals surface area contributed by atoms with Crippen molar-refractivity contribution in [3.05, 3.63) is 79.1 Å². The maximum absolute atomic E-state index is 15.7. The molecule has 0 aliphatic rings. The van der Waals surface area contributed by atoms with Gasteiger partial charge in [-0.15, -0.1) is 0 Å². The molecule has 2 heterocycles. The summed E-state index contributed by atoms with van der Waals surface area (Å²) >= 11 is 0. The summed E-state index contributed by atoms with van der Waals surface area (Å²) in [7, 11) is -1.57. The highest BCUT2D eigenvalue weighted by atomic mass is 32.2. The van der Waals surface area contributed by atoms with E-state index in [1.807, 2.05) is 0 Å². The molecule has 4 aromatic rings. The molecule has 0 amide bonds. The van der Waals surface area contributed by atoms with Crippen LogP contribution in [0, 0.1) is 30.3 Å². The van der Waals surface area contributed by atoms with Crippen LogP contribution >= 0.6 is 0 Å². The number of rotatable bonds is 6. The Hall–Kier alpha value is -4.00. The van der Waals surface area contributed by atoms with Gasteiger partial charge in [0, 0.05) is 24.5 Å². The van der Waals surface area contributed by atoms with Crippen LogP contribution in [0.3, 0.4) is 0 Å². The Balaban J connectivity index is 1.90. The molecular formula is C22H17F4N6O2S. The minimum absolute atomic E-state index is 0.0838. The second kappa shape index (κ2) is 8.98. The van der Waals surface area contributed by atoms with Gasteiger partial charge in [-0.2, -0.15) is 5.10 Å². The summed E-state index contributed by atoms with van der Waals surface area (Å²) in [6, 6.07) is 4.86. The van der Waals surface area contributed by atoms with Crippen LogP contribution in [-0.4, -0.2) is 28.2 Å². The fraction of sp³-hybridized carbons (Fsp3) is 0.0909. The third-order valence-corrected chi connectivity index (χ3v) is 6.72. The molecule has 2 aromatic carbocycles. The van der Waals surface area contributed by atoms with E-state index in [0.717, 1.165) is 18.2 Å². The molecule has 1 radical (unpaired) electrons. The van der Waals surface area contributed by atoms with Crippen molar-refractivity contribution in [1.82, 2.24) is 19.7 Å². The van der Waals surface area contributed by atoms with E-state index in [1.165, 1.54) is 23.1 Å². The minimum atomic E-state index is -4.86. The van der Waals surface area contributed by atoms with Crippen molar-refractivity contribution in [3.8, 4) is 22.5 Å². The number of aryl methyl sites for hydroxylation is 1. The van der Waals surface area contributed by atoms with Gasteiger partial charge in [-0.3, -0.25) is 8.99 Å². The first-order chi connectivity index (χ1) is 16.5. The van der Waals surface area contributed by atoms with Crippen LogP contribution in [0.2, 0.25) is 0 Å². The van der Waals surface area contributed by atoms with Gasteiger partial charge >= 0.3 is 0 Å². The van der Waals surface area contributed by atoms with Gasteiger partial charge in [-0.25, -0.2) is 35.9 Å². The number of benzene rings is 2. The molecule has 0 fully saturated rings. The lowest BCUT2D eigenvalue weighted by Crippen LogP contribution is -2.26. The van der Waals surface area contributed by atoms with Gasteiger partial charge in [0.15, 0.2) is 5.82 Å². The summed E-state index contributed by atoms with van der Waals surface area (Å²) in [4.78, 5) is 6.79. The first-order valence-electron chi connectivity index (χ1n) is 10.00. The van der Waals surface area contributed by atoms with Crippen LogP contribution in [0.5, 0.6) is 0 Å². The van der Waals surface area contributed by atoms with E-state index in [1.54, 1.807) is 6.92 Å². The van der Waals surface area contributed by atoms with E-state index in [-0.39, 0.29) is 27.2 Å². The van der Waals surface area contributed by atoms with Crippen LogP contribution in [-0.2, 0) is 16.6 Å². The van der Waals surface area contributed by atoms with Gasteiger partial charge in [-0.05, 0) is 43.3 Å². The molecule has 8 nitrogen and oxygen atoms in total. The van der Waals surface area contributed by atoms with E-state index < -0.39 is 49.4 Å². The topological polar surface area (TPSA) is 107 Å². The lowest BCUT2D eigenvalue weighted by Gasteiger charge is -2.21. The van der Waals surface area contributed by atoms with Gasteiger partial charge in [-0.1, -0.05) is 0 Å². The summed E-state index contributed by atoms with van der Waals surface area (Å²) in [5.74, 6) is -4.78. The highest BCUT2D eigenvalue weighted by molar-refractivity contribution is 7.92. The zero-order chi connectivity index (χ0) is 25.5. The van der Waals surface area contributed by atoms with Gasteiger partial charge < -0.3 is 5.73 Å². The van der Waals surface area contributed by atoms with Crippen LogP contribution < -0.4 is 10.0 Å². The average Bonchev–Trinajstić information content (AvgIpc) is 3.24. The molecule has 35 heavy (non-hydrogen) atoms. The normalized spacial score (nSPS) is 11.6. The van der Waals surface area contributed by atoms with Crippen molar-refractivity contribution >= 4 is 21.7 Å². The van der Waals surface area contributed by atoms with Crippen molar-refractivity contribution in [3.63, 3.8) is 0 Å². The number of nitrogens with two attached hydrogens (primary N) is 1. The van der Waals surface area contributed by atoms with Gasteiger partial charge in [0.05, 0.1) is 24.0 Å². The van der Waals surface area contributed by atoms with E-state index in [9.17, 15) is 21.6 Å². The number of sulfonamides is 1. The Bertz CT molecular complexity index is 1540. The second-order valence-electron chi connectivity index (χ2n) is 7.23. The Labute approximate surface area is 197 Å². The van der Waals surface area contributed by atoms with Crippen LogP contribution in [0.15, 0.2) is 53.7 Å². The lowest BCUT2D eigenvalue weighted by atomic mass is 10.0. The predicted octanol–water partition coefficient (Wildman–Crippen LogP) is 4.15. The molecule has 13 heteroatoms. The Morgan fingerprint density at radius 1 is 1.09 bits per heavy atom. The molecule has 0 aliphatic carbocycles. The summed E-state index contributed by atoms with van der Waals surface area (Å²) in [5.41, 5.74) is 4.47. The lowest BCUT2D eigenvalue weighted by molar-refractivity contribution is 0.551. The highest BCUT2D eigenvalue weighted by Gasteiger charge is 2.31. The molecular weight excluding hydrogens is 488 g/mol. The fourth-order valence-corrected chi connectivity index (χ4v) is 4.57. The first kappa shape index (κ1) is 24.1. The predicted molar refractivity (Wildman–Crippen MR) is 120 cm³/mol.